The summed E-state index contributed by atoms with van der Waals surface area (Å²) in [7, 11) is 0.295. The molecule has 1 heterocycles. The summed E-state index contributed by atoms with van der Waals surface area (Å²) >= 11 is 0. The number of nitrogens with one attached hydrogen (secondary N) is 2. The van der Waals surface area contributed by atoms with Gasteiger partial charge in [-0.05, 0) is 42.8 Å². The molecule has 1 aliphatic rings. The molecular formula is C20H23N3O6S. The molecule has 2 aromatic carbocycles. The summed E-state index contributed by atoms with van der Waals surface area (Å²) < 4.78 is 39.1. The molecule has 0 atom stereocenters. The quantitative estimate of drug-likeness (QED) is 0.690. The van der Waals surface area contributed by atoms with Crippen LogP contribution in [0.5, 0.6) is 11.5 Å². The molecule has 3 rings (SSSR count). The molecular weight excluding hydrogens is 410 g/mol. The van der Waals surface area contributed by atoms with Crippen molar-refractivity contribution in [3.63, 3.8) is 0 Å². The molecule has 0 radical (unpaired) electrons. The van der Waals surface area contributed by atoms with E-state index in [9.17, 15) is 18.0 Å². The number of carbonyl (C=O) groups excluding carboxylic acids is 2. The van der Waals surface area contributed by atoms with E-state index in [1.165, 1.54) is 62.6 Å². The van der Waals surface area contributed by atoms with Crippen molar-refractivity contribution in [3.8, 4) is 11.5 Å². The summed E-state index contributed by atoms with van der Waals surface area (Å²) in [5, 5.41) is 2.49. The van der Waals surface area contributed by atoms with E-state index in [1.54, 1.807) is 0 Å². The molecule has 10 heteroatoms. The van der Waals surface area contributed by atoms with Crippen LogP contribution in [0.15, 0.2) is 41.3 Å². The number of ether oxygens (including phenoxy) is 2. The van der Waals surface area contributed by atoms with Crippen molar-refractivity contribution in [1.82, 2.24) is 5.32 Å². The van der Waals surface area contributed by atoms with Gasteiger partial charge < -0.3 is 19.7 Å². The van der Waals surface area contributed by atoms with E-state index < -0.39 is 10.0 Å². The summed E-state index contributed by atoms with van der Waals surface area (Å²) in [5.74, 6) is 0.214. The first-order chi connectivity index (χ1) is 14.3. The van der Waals surface area contributed by atoms with Crippen LogP contribution in [0.2, 0.25) is 0 Å². The van der Waals surface area contributed by atoms with Gasteiger partial charge in [-0.2, -0.15) is 0 Å². The van der Waals surface area contributed by atoms with Crippen LogP contribution < -0.4 is 24.4 Å². The predicted molar refractivity (Wildman–Crippen MR) is 112 cm³/mol. The van der Waals surface area contributed by atoms with E-state index in [2.05, 4.69) is 10.0 Å². The molecule has 30 heavy (non-hydrogen) atoms. The van der Waals surface area contributed by atoms with Crippen molar-refractivity contribution >= 4 is 33.2 Å². The van der Waals surface area contributed by atoms with Gasteiger partial charge >= 0.3 is 0 Å². The fourth-order valence-electron chi connectivity index (χ4n) is 3.23. The van der Waals surface area contributed by atoms with E-state index in [1.807, 2.05) is 0 Å². The zero-order chi connectivity index (χ0) is 21.9. The summed E-state index contributed by atoms with van der Waals surface area (Å²) in [6.07, 6.45) is 1.10. The molecule has 2 N–H and O–H groups in total. The van der Waals surface area contributed by atoms with Crippen LogP contribution in [0.3, 0.4) is 0 Å². The number of sulfonamides is 1. The van der Waals surface area contributed by atoms with Crippen LogP contribution in [0.25, 0.3) is 0 Å². The minimum atomic E-state index is -4.04. The number of anilines is 2. The van der Waals surface area contributed by atoms with Gasteiger partial charge in [0.25, 0.3) is 15.9 Å². The van der Waals surface area contributed by atoms with Gasteiger partial charge in [-0.1, -0.05) is 0 Å². The SMILES string of the molecule is CNC(=O)c1ccc(OC)c(NS(=O)(=O)c2ccc(OC)c(N3CCCC3=O)c2)c1. The molecule has 0 spiro atoms. The van der Waals surface area contributed by atoms with Crippen LogP contribution in [-0.4, -0.2) is 48.0 Å². The third-order valence-corrected chi connectivity index (χ3v) is 6.12. The predicted octanol–water partition coefficient (Wildman–Crippen LogP) is 1.99. The van der Waals surface area contributed by atoms with Crippen molar-refractivity contribution in [1.29, 1.82) is 0 Å². The summed E-state index contributed by atoms with van der Waals surface area (Å²) in [6, 6.07) is 8.72. The smallest absolute Gasteiger partial charge is 0.262 e. The number of methoxy groups -OCH3 is 2. The normalized spacial score (nSPS) is 13.8. The average Bonchev–Trinajstić information content (AvgIpc) is 3.17. The summed E-state index contributed by atoms with van der Waals surface area (Å²) in [4.78, 5) is 25.5. The van der Waals surface area contributed by atoms with Gasteiger partial charge in [-0.3, -0.25) is 14.3 Å². The fraction of sp³-hybridized carbons (Fsp3) is 0.300. The van der Waals surface area contributed by atoms with Crippen LogP contribution >= 0.6 is 0 Å². The first-order valence-corrected chi connectivity index (χ1v) is 10.7. The molecule has 1 saturated heterocycles. The Morgan fingerprint density at radius 1 is 1.07 bits per heavy atom. The molecule has 0 aliphatic carbocycles. The van der Waals surface area contributed by atoms with Gasteiger partial charge in [0.15, 0.2) is 0 Å². The lowest BCUT2D eigenvalue weighted by Crippen LogP contribution is -2.25. The maximum atomic E-state index is 13.1. The monoisotopic (exact) mass is 433 g/mol. The molecule has 0 aromatic heterocycles. The Labute approximate surface area is 175 Å². The highest BCUT2D eigenvalue weighted by Gasteiger charge is 2.27. The summed E-state index contributed by atoms with van der Waals surface area (Å²) in [5.41, 5.74) is 0.788. The number of rotatable bonds is 7. The molecule has 2 amide bonds. The van der Waals surface area contributed by atoms with Crippen molar-refractivity contribution in [3.05, 3.63) is 42.0 Å². The van der Waals surface area contributed by atoms with Crippen LogP contribution in [0.4, 0.5) is 11.4 Å². The molecule has 0 saturated carbocycles. The highest BCUT2D eigenvalue weighted by Crippen LogP contribution is 2.35. The maximum Gasteiger partial charge on any atom is 0.262 e. The second kappa shape index (κ2) is 8.62. The van der Waals surface area contributed by atoms with Gasteiger partial charge in [-0.15, -0.1) is 0 Å². The Morgan fingerprint density at radius 2 is 1.77 bits per heavy atom. The first-order valence-electron chi connectivity index (χ1n) is 9.22. The van der Waals surface area contributed by atoms with Crippen LogP contribution in [0.1, 0.15) is 23.2 Å². The first kappa shape index (κ1) is 21.4. The topological polar surface area (TPSA) is 114 Å². The maximum absolute atomic E-state index is 13.1. The lowest BCUT2D eigenvalue weighted by atomic mass is 10.2. The Hall–Kier alpha value is -3.27. The number of benzene rings is 2. The summed E-state index contributed by atoms with van der Waals surface area (Å²) in [6.45, 7) is 0.494. The zero-order valence-electron chi connectivity index (χ0n) is 16.9. The van der Waals surface area contributed by atoms with Crippen molar-refractivity contribution in [2.24, 2.45) is 0 Å². The van der Waals surface area contributed by atoms with E-state index >= 15 is 0 Å². The second-order valence-electron chi connectivity index (χ2n) is 6.58. The van der Waals surface area contributed by atoms with E-state index in [0.717, 1.165) is 0 Å². The minimum Gasteiger partial charge on any atom is -0.495 e. The van der Waals surface area contributed by atoms with E-state index in [4.69, 9.17) is 9.47 Å². The average molecular weight is 433 g/mol. The largest absolute Gasteiger partial charge is 0.495 e. The third kappa shape index (κ3) is 4.18. The molecule has 1 aliphatic heterocycles. The van der Waals surface area contributed by atoms with Crippen molar-refractivity contribution < 1.29 is 27.5 Å². The minimum absolute atomic E-state index is 0.0506. The third-order valence-electron chi connectivity index (χ3n) is 4.76. The number of amides is 2. The second-order valence-corrected chi connectivity index (χ2v) is 8.26. The highest BCUT2D eigenvalue weighted by molar-refractivity contribution is 7.92. The Kier molecular flexibility index (Phi) is 6.16. The van der Waals surface area contributed by atoms with Gasteiger partial charge in [0.2, 0.25) is 5.91 Å². The molecule has 0 bridgehead atoms. The van der Waals surface area contributed by atoms with Gasteiger partial charge in [0.05, 0.1) is 30.5 Å². The number of hydrogen-bond donors (Lipinski definition) is 2. The van der Waals surface area contributed by atoms with Crippen molar-refractivity contribution in [2.45, 2.75) is 17.7 Å². The number of nitrogens with zero attached hydrogens (tertiary/aromatic N) is 1. The molecule has 1 fully saturated rings. The molecule has 160 valence electrons. The Balaban J connectivity index is 2.00. The van der Waals surface area contributed by atoms with E-state index in [0.29, 0.717) is 30.8 Å². The lowest BCUT2D eigenvalue weighted by molar-refractivity contribution is -0.117. The molecule has 0 unspecified atom stereocenters. The van der Waals surface area contributed by atoms with Crippen molar-refractivity contribution in [2.75, 3.05) is 37.4 Å². The van der Waals surface area contributed by atoms with Crippen LogP contribution in [-0.2, 0) is 14.8 Å². The Bertz CT molecular complexity index is 1080. The standard InChI is InChI=1S/C20H23N3O6S/c1-21-20(25)13-6-8-17(28-2)15(11-13)22-30(26,27)14-7-9-18(29-3)16(12-14)23-10-4-5-19(23)24/h6-9,11-12,22H,4-5,10H2,1-3H3,(H,21,25). The Morgan fingerprint density at radius 3 is 2.37 bits per heavy atom. The van der Waals surface area contributed by atoms with Crippen LogP contribution in [0, 0.1) is 0 Å². The molecule has 9 nitrogen and oxygen atoms in total. The zero-order valence-corrected chi connectivity index (χ0v) is 17.7. The highest BCUT2D eigenvalue weighted by atomic mass is 32.2. The lowest BCUT2D eigenvalue weighted by Gasteiger charge is -2.20. The van der Waals surface area contributed by atoms with E-state index in [-0.39, 0.29) is 33.7 Å². The number of hydrogen-bond acceptors (Lipinski definition) is 6. The van der Waals surface area contributed by atoms with Gasteiger partial charge in [-0.25, -0.2) is 8.42 Å². The fourth-order valence-corrected chi connectivity index (χ4v) is 4.31. The van der Waals surface area contributed by atoms with Gasteiger partial charge in [0, 0.05) is 25.6 Å². The number of carbonyl (C=O) groups is 2. The van der Waals surface area contributed by atoms with Gasteiger partial charge in [0.1, 0.15) is 11.5 Å². The molecule has 2 aromatic rings.